The molecule has 4 aromatic rings. The van der Waals surface area contributed by atoms with Crippen LogP contribution in [0.1, 0.15) is 11.1 Å². The van der Waals surface area contributed by atoms with E-state index in [0.29, 0.717) is 5.69 Å². The van der Waals surface area contributed by atoms with E-state index in [1.54, 1.807) is 30.3 Å². The molecule has 208 valence electrons. The number of carbonyl (C=O) groups is 1. The van der Waals surface area contributed by atoms with Gasteiger partial charge in [0.05, 0.1) is 25.5 Å². The minimum atomic E-state index is -4.21. The number of aryl methyl sites for hydroxylation is 2. The van der Waals surface area contributed by atoms with E-state index in [9.17, 15) is 21.6 Å². The van der Waals surface area contributed by atoms with Crippen molar-refractivity contribution >= 4 is 66.2 Å². The first-order valence-corrected chi connectivity index (χ1v) is 15.6. The van der Waals surface area contributed by atoms with Gasteiger partial charge in [-0.25, -0.2) is 16.8 Å². The standard InChI is InChI=1S/C28H25Cl2N3O5S2/c1-19-9-13-24(14-10-19)40(37,38)33(26-8-4-7-25(29)28(26)30)18-27(34)31-21-11-15-23(16-12-21)39(35,36)32-22-6-3-5-20(2)17-22/h3-17,32H,18H2,1-2H3,(H,31,34). The van der Waals surface area contributed by atoms with E-state index in [0.717, 1.165) is 15.4 Å². The van der Waals surface area contributed by atoms with Crippen molar-refractivity contribution in [2.24, 2.45) is 0 Å². The molecule has 4 aromatic carbocycles. The average Bonchev–Trinajstić information content (AvgIpc) is 2.89. The van der Waals surface area contributed by atoms with Crippen molar-refractivity contribution < 1.29 is 21.6 Å². The highest BCUT2D eigenvalue weighted by Gasteiger charge is 2.29. The van der Waals surface area contributed by atoms with Gasteiger partial charge in [0.15, 0.2) is 0 Å². The summed E-state index contributed by atoms with van der Waals surface area (Å²) in [5.74, 6) is -0.680. The van der Waals surface area contributed by atoms with Crippen molar-refractivity contribution in [2.75, 3.05) is 20.9 Å². The largest absolute Gasteiger partial charge is 0.325 e. The van der Waals surface area contributed by atoms with E-state index in [1.165, 1.54) is 54.6 Å². The highest BCUT2D eigenvalue weighted by Crippen LogP contribution is 2.35. The lowest BCUT2D eigenvalue weighted by Gasteiger charge is -2.25. The van der Waals surface area contributed by atoms with Crippen molar-refractivity contribution in [3.05, 3.63) is 112 Å². The molecular weight excluding hydrogens is 593 g/mol. The number of halogens is 2. The zero-order valence-corrected chi connectivity index (χ0v) is 24.6. The van der Waals surface area contributed by atoms with Gasteiger partial charge in [0.2, 0.25) is 5.91 Å². The van der Waals surface area contributed by atoms with Gasteiger partial charge in [-0.2, -0.15) is 0 Å². The number of sulfonamides is 2. The molecule has 0 aliphatic heterocycles. The average molecular weight is 619 g/mol. The highest BCUT2D eigenvalue weighted by molar-refractivity contribution is 7.93. The molecule has 0 aromatic heterocycles. The molecule has 0 aliphatic carbocycles. The lowest BCUT2D eigenvalue weighted by molar-refractivity contribution is -0.114. The summed E-state index contributed by atoms with van der Waals surface area (Å²) in [6.45, 7) is 3.05. The number of anilines is 3. The quantitative estimate of drug-likeness (QED) is 0.231. The van der Waals surface area contributed by atoms with E-state index in [4.69, 9.17) is 23.2 Å². The maximum absolute atomic E-state index is 13.6. The minimum absolute atomic E-state index is 0.0127. The van der Waals surface area contributed by atoms with Crippen LogP contribution in [-0.2, 0) is 24.8 Å². The number of hydrogen-bond donors (Lipinski definition) is 2. The van der Waals surface area contributed by atoms with Crippen molar-refractivity contribution in [2.45, 2.75) is 23.6 Å². The molecule has 12 heteroatoms. The number of amides is 1. The SMILES string of the molecule is Cc1ccc(S(=O)(=O)N(CC(=O)Nc2ccc(S(=O)(=O)Nc3cccc(C)c3)cc2)c2cccc(Cl)c2Cl)cc1. The smallest absolute Gasteiger partial charge is 0.264 e. The molecule has 0 spiro atoms. The van der Waals surface area contributed by atoms with Crippen molar-refractivity contribution in [3.63, 3.8) is 0 Å². The Hall–Kier alpha value is -3.57. The van der Waals surface area contributed by atoms with E-state index in [2.05, 4.69) is 10.0 Å². The molecule has 0 bridgehead atoms. The molecule has 0 saturated carbocycles. The maximum atomic E-state index is 13.6. The summed E-state index contributed by atoms with van der Waals surface area (Å²) in [4.78, 5) is 13.0. The Balaban J connectivity index is 1.56. The fraction of sp³-hybridized carbons (Fsp3) is 0.107. The second kappa shape index (κ2) is 11.9. The van der Waals surface area contributed by atoms with Gasteiger partial charge in [0, 0.05) is 11.4 Å². The Kier molecular flexibility index (Phi) is 8.74. The van der Waals surface area contributed by atoms with Gasteiger partial charge in [-0.05, 0) is 80.1 Å². The van der Waals surface area contributed by atoms with Crippen molar-refractivity contribution in [1.29, 1.82) is 0 Å². The topological polar surface area (TPSA) is 113 Å². The molecule has 0 fully saturated rings. The Morgan fingerprint density at radius 3 is 2.02 bits per heavy atom. The third-order valence-corrected chi connectivity index (χ3v) is 9.79. The third-order valence-electron chi connectivity index (χ3n) is 5.81. The van der Waals surface area contributed by atoms with Crippen LogP contribution in [0.3, 0.4) is 0 Å². The number of carbonyl (C=O) groups excluding carboxylic acids is 1. The van der Waals surface area contributed by atoms with Gasteiger partial charge < -0.3 is 5.32 Å². The zero-order valence-electron chi connectivity index (χ0n) is 21.4. The van der Waals surface area contributed by atoms with Gasteiger partial charge in [-0.1, -0.05) is 59.1 Å². The molecule has 0 unspecified atom stereocenters. The molecule has 8 nitrogen and oxygen atoms in total. The second-order valence-electron chi connectivity index (χ2n) is 8.95. The molecule has 0 radical (unpaired) electrons. The zero-order chi connectivity index (χ0) is 29.1. The lowest BCUT2D eigenvalue weighted by atomic mass is 10.2. The summed E-state index contributed by atoms with van der Waals surface area (Å²) in [5.41, 5.74) is 2.49. The van der Waals surface area contributed by atoms with Gasteiger partial charge in [0.1, 0.15) is 6.54 Å². The van der Waals surface area contributed by atoms with Crippen LogP contribution in [0.5, 0.6) is 0 Å². The third kappa shape index (κ3) is 6.76. The van der Waals surface area contributed by atoms with E-state index in [1.807, 2.05) is 19.9 Å². The molecule has 4 rings (SSSR count). The second-order valence-corrected chi connectivity index (χ2v) is 13.3. The number of rotatable bonds is 9. The molecular formula is C28H25Cl2N3O5S2. The first-order valence-electron chi connectivity index (χ1n) is 11.9. The van der Waals surface area contributed by atoms with E-state index in [-0.39, 0.29) is 31.2 Å². The lowest BCUT2D eigenvalue weighted by Crippen LogP contribution is -2.38. The van der Waals surface area contributed by atoms with E-state index < -0.39 is 32.5 Å². The first-order chi connectivity index (χ1) is 18.9. The van der Waals surface area contributed by atoms with Crippen LogP contribution in [0.25, 0.3) is 0 Å². The first kappa shape index (κ1) is 29.4. The number of benzene rings is 4. The number of nitrogens with zero attached hydrogens (tertiary/aromatic N) is 1. The molecule has 2 N–H and O–H groups in total. The predicted octanol–water partition coefficient (Wildman–Crippen LogP) is 6.25. The van der Waals surface area contributed by atoms with E-state index >= 15 is 0 Å². The molecule has 1 amide bonds. The van der Waals surface area contributed by atoms with Gasteiger partial charge >= 0.3 is 0 Å². The summed E-state index contributed by atoms with van der Waals surface area (Å²) in [6.07, 6.45) is 0. The summed E-state index contributed by atoms with van der Waals surface area (Å²) in [5, 5.41) is 2.71. The van der Waals surface area contributed by atoms with Crippen LogP contribution in [0.4, 0.5) is 17.1 Å². The van der Waals surface area contributed by atoms with Gasteiger partial charge in [0.25, 0.3) is 20.0 Å². The minimum Gasteiger partial charge on any atom is -0.325 e. The summed E-state index contributed by atoms with van der Waals surface area (Å²) in [7, 11) is -8.08. The maximum Gasteiger partial charge on any atom is 0.264 e. The fourth-order valence-corrected chi connectivity index (χ4v) is 6.72. The van der Waals surface area contributed by atoms with Crippen LogP contribution in [0.2, 0.25) is 10.0 Å². The van der Waals surface area contributed by atoms with Crippen LogP contribution >= 0.6 is 23.2 Å². The Labute approximate surface area is 243 Å². The molecule has 0 aliphatic rings. The fourth-order valence-electron chi connectivity index (χ4n) is 3.79. The molecule has 0 saturated heterocycles. The van der Waals surface area contributed by atoms with Crippen LogP contribution in [0.15, 0.2) is 101 Å². The molecule has 0 heterocycles. The van der Waals surface area contributed by atoms with Gasteiger partial charge in [-0.3, -0.25) is 13.8 Å². The van der Waals surface area contributed by atoms with Crippen LogP contribution < -0.4 is 14.3 Å². The number of nitrogens with one attached hydrogen (secondary N) is 2. The predicted molar refractivity (Wildman–Crippen MR) is 159 cm³/mol. The molecule has 40 heavy (non-hydrogen) atoms. The summed E-state index contributed by atoms with van der Waals surface area (Å²) >= 11 is 12.5. The van der Waals surface area contributed by atoms with Crippen LogP contribution in [-0.4, -0.2) is 29.3 Å². The Morgan fingerprint density at radius 1 is 0.750 bits per heavy atom. The summed E-state index contributed by atoms with van der Waals surface area (Å²) in [6, 6.07) is 23.1. The van der Waals surface area contributed by atoms with Crippen molar-refractivity contribution in [3.8, 4) is 0 Å². The monoisotopic (exact) mass is 617 g/mol. The molecule has 0 atom stereocenters. The Bertz CT molecular complexity index is 1760. The normalized spacial score (nSPS) is 11.6. The highest BCUT2D eigenvalue weighted by atomic mass is 35.5. The van der Waals surface area contributed by atoms with Gasteiger partial charge in [-0.15, -0.1) is 0 Å². The Morgan fingerprint density at radius 2 is 1.38 bits per heavy atom. The summed E-state index contributed by atoms with van der Waals surface area (Å²) < 4.78 is 56.1. The number of hydrogen-bond acceptors (Lipinski definition) is 5. The van der Waals surface area contributed by atoms with Crippen LogP contribution in [0, 0.1) is 13.8 Å². The van der Waals surface area contributed by atoms with Crippen molar-refractivity contribution in [1.82, 2.24) is 0 Å².